The van der Waals surface area contributed by atoms with E-state index in [9.17, 15) is 4.79 Å². The van der Waals surface area contributed by atoms with Gasteiger partial charge in [0.15, 0.2) is 0 Å². The lowest BCUT2D eigenvalue weighted by molar-refractivity contribution is -0.145. The van der Waals surface area contributed by atoms with Crippen LogP contribution in [0.1, 0.15) is 475 Å². The molecule has 0 amide bonds. The van der Waals surface area contributed by atoms with Crippen molar-refractivity contribution in [2.45, 2.75) is 488 Å². The summed E-state index contributed by atoms with van der Waals surface area (Å²) in [6.07, 6.45) is 44.1. The lowest BCUT2D eigenvalue weighted by Crippen LogP contribution is -2.45. The molecule has 0 bridgehead atoms. The van der Waals surface area contributed by atoms with Gasteiger partial charge in [0.25, 0.3) is 0 Å². The van der Waals surface area contributed by atoms with Gasteiger partial charge >= 0.3 is 5.97 Å². The lowest BCUT2D eigenvalue weighted by Gasteiger charge is -2.48. The maximum atomic E-state index is 11.7. The summed E-state index contributed by atoms with van der Waals surface area (Å²) >= 11 is 0. The largest absolute Gasteiger partial charge is 0.466 e. The summed E-state index contributed by atoms with van der Waals surface area (Å²) in [7, 11) is 5.35. The first kappa shape index (κ1) is 136. The van der Waals surface area contributed by atoms with Gasteiger partial charge in [-0.05, 0) is 484 Å². The molecule has 15 aliphatic rings. The van der Waals surface area contributed by atoms with E-state index in [0.717, 1.165) is 93.5 Å². The van der Waals surface area contributed by atoms with E-state index in [-0.39, 0.29) is 11.9 Å². The molecule has 0 aromatic carbocycles. The minimum atomic E-state index is 0.0223. The highest BCUT2D eigenvalue weighted by Gasteiger charge is 2.50. The predicted octanol–water partition coefficient (Wildman–Crippen LogP) is 31.3. The van der Waals surface area contributed by atoms with E-state index in [2.05, 4.69) is 312 Å². The van der Waals surface area contributed by atoms with Gasteiger partial charge in [0.1, 0.15) is 0 Å². The number of carbonyl (C=O) groups is 1. The number of rotatable bonds is 24. The summed E-state index contributed by atoms with van der Waals surface area (Å²) in [6, 6.07) is 1.96. The lowest BCUT2D eigenvalue weighted by atomic mass is 9.63. The molecule has 2 atom stereocenters. The normalized spacial score (nSPS) is 25.6. The van der Waals surface area contributed by atoms with Gasteiger partial charge in [-0.3, -0.25) is 4.79 Å². The van der Waals surface area contributed by atoms with Crippen LogP contribution in [0, 0.1) is 134 Å². The summed E-state index contributed by atoms with van der Waals surface area (Å²) in [6.45, 7) is 132. The molecule has 15 fully saturated rings. The van der Waals surface area contributed by atoms with E-state index < -0.39 is 0 Å². The zero-order valence-corrected chi connectivity index (χ0v) is 108. The van der Waals surface area contributed by atoms with Gasteiger partial charge in [-0.1, -0.05) is 263 Å². The first-order valence-electron chi connectivity index (χ1n) is 63.4. The van der Waals surface area contributed by atoms with Gasteiger partial charge in [0, 0.05) is 79.3 Å². The maximum absolute atomic E-state index is 11.7. The third-order valence-electron chi connectivity index (χ3n) is 43.4. The van der Waals surface area contributed by atoms with E-state index in [1.54, 1.807) is 21.3 Å². The molecule has 10 saturated heterocycles. The van der Waals surface area contributed by atoms with Crippen molar-refractivity contribution in [1.29, 1.82) is 0 Å². The van der Waals surface area contributed by atoms with Crippen molar-refractivity contribution in [3.63, 3.8) is 0 Å². The van der Waals surface area contributed by atoms with Crippen LogP contribution in [0.2, 0.25) is 0 Å². The van der Waals surface area contributed by atoms with E-state index in [1.807, 2.05) is 6.92 Å². The molecule has 0 N–H and O–H groups in total. The number of ether oxygens (including phenoxy) is 4. The molecule has 0 radical (unpaired) electrons. The molecule has 5 saturated carbocycles. The maximum Gasteiger partial charge on any atom is 0.309 e. The van der Waals surface area contributed by atoms with Crippen LogP contribution in [0.3, 0.4) is 0 Å². The molecule has 148 heavy (non-hydrogen) atoms. The van der Waals surface area contributed by atoms with Gasteiger partial charge in [0.05, 0.1) is 25.7 Å². The van der Waals surface area contributed by atoms with Crippen LogP contribution >= 0.6 is 0 Å². The van der Waals surface area contributed by atoms with Crippen molar-refractivity contribution >= 4 is 5.97 Å². The SMILES string of the molecule is CC(C)(C)C1(C)CCN(C2CC2)CC1.CC(C)(C)C1(C)CCN(CC2CC2)CC1.CC(C)(C)C1CCN(C2CC2)CC1.CC(C)(C)C1CCN(CC2CC2)CC1.CCCN1CCC(C(C)(C)C)CC1.CCCN1CCC(C)(C(C)(C)C)CC1.CCOC(=O)C1CC1CN1CCC(C)(C(C)(C)C)CC1.COCCCN1CCC(C)(C(C)(C)C)CC1.COCCN1CCC(C(C)(C)C)CC1.COCCN1CCC(C)(C(C)(C)C)CC1. The summed E-state index contributed by atoms with van der Waals surface area (Å²) in [5.41, 5.74) is 7.91. The monoisotopic (exact) mass is 2080 g/mol. The number of hydrogen-bond donors (Lipinski definition) is 0. The standard InChI is InChI=1S/C17H31NO2.C14H29NO.C14H27N.C13H27NO.2C13H25N.C13H27N.C12H25NO.C12H23N.C12H25N/c1-6-20-15(19)14-11-13(14)12-18-9-7-17(5,8-10-18)16(2,3)4;1-13(2,3)14(4)7-10-15(11-8-14)9-6-12-16-5;1-13(2,3)14(4)7-9-15(10-8-14)11-12-5-6-12;1-12(2,3)13(4)6-8-14(9-7-13)10-11-15-5;1-12(2,3)13(4)7-9-14(10-8-13)11-5-6-11;1-13(2,3)12-6-8-14(9-7-12)10-11-4-5-11;1-6-9-14-10-7-13(5,8-11-14)12(2,3)4;1-12(2,3)11-5-7-13(8-6-11)9-10-14-4;1-12(2,3)10-6-8-13(9-7-10)11-4-5-11;1-5-8-13-9-6-11(7-10-13)12(2,3)4/h13-14H,6-12H2,1-5H3;6-12H2,1-5H3;12H,5-11H2,1-4H3;6-11H2,1-5H3;11H,5-10H2,1-4H3;11-12H,4-10H2,1-3H3;6-11H2,1-5H3;11H,5-10H2,1-4H3;10-11H,4-9H2,1-3H3;11H,5-10H2,1-4H3. The molecule has 15 heteroatoms. The van der Waals surface area contributed by atoms with E-state index in [0.29, 0.717) is 99.2 Å². The minimum absolute atomic E-state index is 0.0223. The van der Waals surface area contributed by atoms with Gasteiger partial charge in [0.2, 0.25) is 0 Å². The van der Waals surface area contributed by atoms with Crippen LogP contribution in [0.5, 0.6) is 0 Å². The number of piperidine rings is 10. The topological polar surface area (TPSA) is 86.4 Å². The summed E-state index contributed by atoms with van der Waals surface area (Å²) in [5, 5.41) is 0. The van der Waals surface area contributed by atoms with Gasteiger partial charge < -0.3 is 67.9 Å². The van der Waals surface area contributed by atoms with E-state index in [4.69, 9.17) is 18.9 Å². The summed E-state index contributed by atoms with van der Waals surface area (Å²) < 4.78 is 20.4. The van der Waals surface area contributed by atoms with E-state index in [1.165, 1.54) is 363 Å². The second kappa shape index (κ2) is 60.1. The van der Waals surface area contributed by atoms with Crippen molar-refractivity contribution in [1.82, 2.24) is 49.0 Å². The van der Waals surface area contributed by atoms with Gasteiger partial charge in [-0.15, -0.1) is 0 Å². The Hall–Kier alpha value is -1.05. The van der Waals surface area contributed by atoms with Crippen molar-refractivity contribution < 1.29 is 23.7 Å². The highest BCUT2D eigenvalue weighted by molar-refractivity contribution is 5.75. The Morgan fingerprint density at radius 3 is 0.730 bits per heavy atom. The number of nitrogens with zero attached hydrogens (tertiary/aromatic N) is 10. The smallest absolute Gasteiger partial charge is 0.309 e. The average Bonchev–Trinajstić information content (AvgIpc) is 1.59. The quantitative estimate of drug-likeness (QED) is 0.0678. The molecule has 10 heterocycles. The first-order chi connectivity index (χ1) is 68.5. The zero-order chi connectivity index (χ0) is 111. The Bertz CT molecular complexity index is 3490. The number of esters is 1. The zero-order valence-electron chi connectivity index (χ0n) is 108. The molecule has 2 unspecified atom stereocenters. The second-order valence-electron chi connectivity index (χ2n) is 63.6. The van der Waals surface area contributed by atoms with Crippen LogP contribution < -0.4 is 0 Å². The number of methoxy groups -OCH3 is 3. The number of likely N-dealkylation sites (tertiary alicyclic amines) is 10. The Morgan fingerprint density at radius 1 is 0.257 bits per heavy atom. The molecule has 0 aromatic rings. The fourth-order valence-electron chi connectivity index (χ4n) is 25.3. The van der Waals surface area contributed by atoms with Crippen LogP contribution in [0.25, 0.3) is 0 Å². The van der Waals surface area contributed by atoms with Crippen molar-refractivity contribution in [2.75, 3.05) is 231 Å². The highest BCUT2D eigenvalue weighted by Crippen LogP contribution is 2.54. The van der Waals surface area contributed by atoms with Crippen LogP contribution in [0.15, 0.2) is 0 Å². The fourth-order valence-corrected chi connectivity index (χ4v) is 25.3. The van der Waals surface area contributed by atoms with Gasteiger partial charge in [-0.2, -0.15) is 0 Å². The third-order valence-corrected chi connectivity index (χ3v) is 43.4. The van der Waals surface area contributed by atoms with Crippen molar-refractivity contribution in [3.05, 3.63) is 0 Å². The third kappa shape index (κ3) is 46.9. The molecule has 0 spiro atoms. The summed E-state index contributed by atoms with van der Waals surface area (Å²) in [5.74, 6) is 6.65. The Morgan fingerprint density at radius 2 is 0.480 bits per heavy atom. The molecular formula is C133H264N10O5. The van der Waals surface area contributed by atoms with Crippen LogP contribution in [0.4, 0.5) is 0 Å². The molecule has 15 nitrogen and oxygen atoms in total. The first-order valence-corrected chi connectivity index (χ1v) is 63.4. The molecular weight excluding hydrogens is 1820 g/mol. The highest BCUT2D eigenvalue weighted by atomic mass is 16.5. The Balaban J connectivity index is 0.000000252. The fraction of sp³-hybridized carbons (Fsp3) is 0.992. The predicted molar refractivity (Wildman–Crippen MR) is 645 cm³/mol. The van der Waals surface area contributed by atoms with Crippen molar-refractivity contribution in [2.24, 2.45) is 134 Å². The van der Waals surface area contributed by atoms with Crippen LogP contribution in [-0.2, 0) is 23.7 Å². The van der Waals surface area contributed by atoms with Crippen LogP contribution in [-0.4, -0.2) is 298 Å². The minimum Gasteiger partial charge on any atom is -0.466 e. The Kier molecular flexibility index (Phi) is 55.0. The molecule has 15 rings (SSSR count). The molecule has 876 valence electrons. The number of hydrogen-bond acceptors (Lipinski definition) is 15. The Labute approximate surface area is 925 Å². The molecule has 5 aliphatic carbocycles. The molecule has 0 aromatic heterocycles. The summed E-state index contributed by atoms with van der Waals surface area (Å²) in [4.78, 5) is 37.9. The second-order valence-corrected chi connectivity index (χ2v) is 63.6. The number of carbonyl (C=O) groups excluding carboxylic acids is 1. The van der Waals surface area contributed by atoms with E-state index >= 15 is 0 Å². The van der Waals surface area contributed by atoms with Gasteiger partial charge in [-0.25, -0.2) is 0 Å². The average molecular weight is 2080 g/mol. The molecule has 10 aliphatic heterocycles. The van der Waals surface area contributed by atoms with Crippen molar-refractivity contribution in [3.8, 4) is 0 Å².